The molecule has 0 radical (unpaired) electrons. The van der Waals surface area contributed by atoms with Crippen molar-refractivity contribution >= 4 is 5.78 Å². The van der Waals surface area contributed by atoms with Crippen LogP contribution in [0.2, 0.25) is 0 Å². The molecule has 0 saturated heterocycles. The standard InChI is InChI=1S/C26H23N3O/c1-18-23-13-12-20-17-29(16-19-8-4-2-5-9-19)28-25(20)26(23,14-21(15-27)24(18)30)22-10-6-3-7-11-22/h2-11,14,17-18,23H,12-13,16H2,1H3/t18?,23?,26-/m1/s1. The second-order valence-electron chi connectivity index (χ2n) is 8.39. The zero-order valence-electron chi connectivity index (χ0n) is 17.0. The number of ketones is 1. The van der Waals surface area contributed by atoms with Crippen LogP contribution in [0.25, 0.3) is 0 Å². The largest absolute Gasteiger partial charge is 0.293 e. The maximum absolute atomic E-state index is 12.8. The number of aromatic nitrogens is 2. The molecule has 3 aromatic rings. The molecule has 5 rings (SSSR count). The molecule has 3 atom stereocenters. The summed E-state index contributed by atoms with van der Waals surface area (Å²) in [5.41, 5.74) is 4.22. The maximum atomic E-state index is 12.8. The summed E-state index contributed by atoms with van der Waals surface area (Å²) in [5.74, 6) is -0.157. The summed E-state index contributed by atoms with van der Waals surface area (Å²) in [4.78, 5) is 12.8. The fraction of sp³-hybridized carbons (Fsp3) is 0.269. The second-order valence-corrected chi connectivity index (χ2v) is 8.39. The minimum atomic E-state index is -0.546. The van der Waals surface area contributed by atoms with E-state index in [0.29, 0.717) is 6.54 Å². The van der Waals surface area contributed by atoms with Gasteiger partial charge in [0, 0.05) is 12.1 Å². The van der Waals surface area contributed by atoms with Gasteiger partial charge in [0.1, 0.15) is 6.07 Å². The van der Waals surface area contributed by atoms with E-state index in [2.05, 4.69) is 36.5 Å². The quantitative estimate of drug-likeness (QED) is 0.661. The summed E-state index contributed by atoms with van der Waals surface area (Å²) < 4.78 is 2.01. The van der Waals surface area contributed by atoms with Gasteiger partial charge in [0.15, 0.2) is 5.78 Å². The Morgan fingerprint density at radius 1 is 1.13 bits per heavy atom. The van der Waals surface area contributed by atoms with Gasteiger partial charge < -0.3 is 0 Å². The average molecular weight is 393 g/mol. The number of hydrogen-bond acceptors (Lipinski definition) is 3. The average Bonchev–Trinajstić information content (AvgIpc) is 3.20. The Bertz CT molecular complexity index is 1170. The smallest absolute Gasteiger partial charge is 0.176 e. The third-order valence-corrected chi connectivity index (χ3v) is 6.75. The van der Waals surface area contributed by atoms with Crippen molar-refractivity contribution in [2.24, 2.45) is 11.8 Å². The fourth-order valence-electron chi connectivity index (χ4n) is 5.34. The summed E-state index contributed by atoms with van der Waals surface area (Å²) in [7, 11) is 0. The van der Waals surface area contributed by atoms with Crippen molar-refractivity contribution < 1.29 is 4.79 Å². The van der Waals surface area contributed by atoms with Gasteiger partial charge in [-0.05, 0) is 41.5 Å². The maximum Gasteiger partial charge on any atom is 0.176 e. The van der Waals surface area contributed by atoms with E-state index in [4.69, 9.17) is 5.10 Å². The van der Waals surface area contributed by atoms with Crippen LogP contribution in [0.5, 0.6) is 0 Å². The third kappa shape index (κ3) is 2.74. The van der Waals surface area contributed by atoms with Crippen LogP contribution in [0.4, 0.5) is 0 Å². The van der Waals surface area contributed by atoms with Gasteiger partial charge in [-0.1, -0.05) is 67.6 Å². The van der Waals surface area contributed by atoms with Crippen LogP contribution in [-0.2, 0) is 23.2 Å². The van der Waals surface area contributed by atoms with Crippen LogP contribution in [0.3, 0.4) is 0 Å². The molecule has 0 amide bonds. The highest BCUT2D eigenvalue weighted by atomic mass is 16.1. The van der Waals surface area contributed by atoms with E-state index in [9.17, 15) is 10.1 Å². The van der Waals surface area contributed by atoms with Gasteiger partial charge in [-0.3, -0.25) is 9.48 Å². The highest BCUT2D eigenvalue weighted by Crippen LogP contribution is 2.53. The lowest BCUT2D eigenvalue weighted by molar-refractivity contribution is -0.121. The van der Waals surface area contributed by atoms with Crippen molar-refractivity contribution in [2.75, 3.05) is 0 Å². The summed E-state index contributed by atoms with van der Waals surface area (Å²) >= 11 is 0. The number of Topliss-reactive ketones (excluding diaryl/α,β-unsaturated/α-hetero) is 1. The Kier molecular flexibility index (Phi) is 4.40. The van der Waals surface area contributed by atoms with E-state index < -0.39 is 5.41 Å². The fourth-order valence-corrected chi connectivity index (χ4v) is 5.34. The molecular weight excluding hydrogens is 370 g/mol. The van der Waals surface area contributed by atoms with Gasteiger partial charge in [0.25, 0.3) is 0 Å². The predicted molar refractivity (Wildman–Crippen MR) is 115 cm³/mol. The number of hydrogen-bond donors (Lipinski definition) is 0. The number of aryl methyl sites for hydroxylation is 1. The van der Waals surface area contributed by atoms with Gasteiger partial charge in [-0.25, -0.2) is 0 Å². The summed E-state index contributed by atoms with van der Waals surface area (Å²) in [6.45, 7) is 2.67. The first-order valence-corrected chi connectivity index (χ1v) is 10.5. The van der Waals surface area contributed by atoms with E-state index in [1.807, 2.05) is 54.1 Å². The molecule has 2 aliphatic carbocycles. The van der Waals surface area contributed by atoms with Gasteiger partial charge in [0.05, 0.1) is 23.2 Å². The zero-order valence-corrected chi connectivity index (χ0v) is 17.0. The van der Waals surface area contributed by atoms with Crippen molar-refractivity contribution in [1.82, 2.24) is 9.78 Å². The minimum Gasteiger partial charge on any atom is -0.293 e. The van der Waals surface area contributed by atoms with E-state index in [0.717, 1.165) is 24.1 Å². The molecule has 30 heavy (non-hydrogen) atoms. The van der Waals surface area contributed by atoms with Crippen LogP contribution in [-0.4, -0.2) is 15.6 Å². The van der Waals surface area contributed by atoms with Gasteiger partial charge in [0.2, 0.25) is 0 Å². The first kappa shape index (κ1) is 18.6. The first-order valence-electron chi connectivity index (χ1n) is 10.5. The van der Waals surface area contributed by atoms with Crippen molar-refractivity contribution in [3.05, 3.63) is 101 Å². The topological polar surface area (TPSA) is 58.7 Å². The van der Waals surface area contributed by atoms with Crippen molar-refractivity contribution in [2.45, 2.75) is 31.7 Å². The van der Waals surface area contributed by atoms with E-state index in [1.54, 1.807) is 0 Å². The molecule has 1 heterocycles. The van der Waals surface area contributed by atoms with Crippen LogP contribution in [0.1, 0.15) is 35.7 Å². The van der Waals surface area contributed by atoms with Crippen LogP contribution < -0.4 is 0 Å². The normalized spacial score (nSPS) is 25.1. The Morgan fingerprint density at radius 3 is 2.53 bits per heavy atom. The van der Waals surface area contributed by atoms with Gasteiger partial charge in [-0.2, -0.15) is 10.4 Å². The number of carbonyl (C=O) groups is 1. The predicted octanol–water partition coefficient (Wildman–Crippen LogP) is 4.45. The molecule has 148 valence electrons. The lowest BCUT2D eigenvalue weighted by Crippen LogP contribution is -2.48. The molecule has 0 bridgehead atoms. The molecule has 2 unspecified atom stereocenters. The van der Waals surface area contributed by atoms with E-state index in [1.165, 1.54) is 11.1 Å². The minimum absolute atomic E-state index is 0.0405. The second kappa shape index (κ2) is 7.11. The lowest BCUT2D eigenvalue weighted by Gasteiger charge is -2.46. The van der Waals surface area contributed by atoms with Crippen molar-refractivity contribution in [3.8, 4) is 6.07 Å². The molecule has 0 fully saturated rings. The van der Waals surface area contributed by atoms with Crippen LogP contribution in [0.15, 0.2) is 78.5 Å². The monoisotopic (exact) mass is 393 g/mol. The van der Waals surface area contributed by atoms with E-state index in [-0.39, 0.29) is 23.2 Å². The van der Waals surface area contributed by atoms with Gasteiger partial charge >= 0.3 is 0 Å². The molecule has 4 heteroatoms. The Morgan fingerprint density at radius 2 is 1.83 bits per heavy atom. The highest BCUT2D eigenvalue weighted by molar-refractivity contribution is 6.02. The summed E-state index contributed by atoms with van der Waals surface area (Å²) in [6, 6.07) is 22.7. The molecule has 0 aliphatic heterocycles. The Labute approximate surface area is 176 Å². The third-order valence-electron chi connectivity index (χ3n) is 6.75. The molecule has 0 saturated carbocycles. The SMILES string of the molecule is CC1C(=O)C(C#N)=C[C@]2(c3ccccc3)c3nn(Cc4ccccc4)cc3CCC12. The zero-order chi connectivity index (χ0) is 20.7. The number of nitrogens with zero attached hydrogens (tertiary/aromatic N) is 3. The van der Waals surface area contributed by atoms with Crippen molar-refractivity contribution in [1.29, 1.82) is 5.26 Å². The molecule has 2 aliphatic rings. The van der Waals surface area contributed by atoms with Crippen molar-refractivity contribution in [3.63, 3.8) is 0 Å². The highest BCUT2D eigenvalue weighted by Gasteiger charge is 2.53. The first-order chi connectivity index (χ1) is 14.6. The number of rotatable bonds is 3. The molecule has 0 spiro atoms. The van der Waals surface area contributed by atoms with E-state index >= 15 is 0 Å². The molecule has 4 nitrogen and oxygen atoms in total. The van der Waals surface area contributed by atoms with Gasteiger partial charge in [-0.15, -0.1) is 0 Å². The molecule has 2 aromatic carbocycles. The number of fused-ring (bicyclic) bond motifs is 3. The number of benzene rings is 2. The molecule has 0 N–H and O–H groups in total. The summed E-state index contributed by atoms with van der Waals surface area (Å²) in [6.07, 6.45) is 5.86. The lowest BCUT2D eigenvalue weighted by atomic mass is 9.54. The Balaban J connectivity index is 1.71. The number of carbonyl (C=O) groups excluding carboxylic acids is 1. The number of allylic oxidation sites excluding steroid dienone is 2. The molecular formula is C26H23N3O. The summed E-state index contributed by atoms with van der Waals surface area (Å²) in [5, 5.41) is 14.8. The molecule has 1 aromatic heterocycles. The Hall–Kier alpha value is -3.45. The van der Waals surface area contributed by atoms with Crippen LogP contribution in [0, 0.1) is 23.2 Å². The number of nitriles is 1. The van der Waals surface area contributed by atoms with Crippen LogP contribution >= 0.6 is 0 Å².